The Morgan fingerprint density at radius 3 is 1.80 bits per heavy atom. The van der Waals surface area contributed by atoms with E-state index in [1.807, 2.05) is 0 Å². The first-order chi connectivity index (χ1) is 11.5. The summed E-state index contributed by atoms with van der Waals surface area (Å²) >= 11 is 3.07. The van der Waals surface area contributed by atoms with E-state index >= 15 is 0 Å². The van der Waals surface area contributed by atoms with E-state index in [4.69, 9.17) is 0 Å². The molecule has 2 aromatic rings. The van der Waals surface area contributed by atoms with E-state index in [1.165, 1.54) is 0 Å². The first-order valence-electron chi connectivity index (χ1n) is 6.78. The van der Waals surface area contributed by atoms with Crippen molar-refractivity contribution in [1.82, 2.24) is 0 Å². The fourth-order valence-electron chi connectivity index (χ4n) is 2.01. The second-order valence-corrected chi connectivity index (χ2v) is 5.97. The molecule has 9 heteroatoms. The summed E-state index contributed by atoms with van der Waals surface area (Å²) in [5.74, 6) is -0.793. The number of hydrogen-bond acceptors (Lipinski definition) is 1. The zero-order valence-corrected chi connectivity index (χ0v) is 13.8. The van der Waals surface area contributed by atoms with E-state index < -0.39 is 39.9 Å². The topological polar surface area (TPSA) is 29.1 Å². The third-order valence-electron chi connectivity index (χ3n) is 3.18. The Balaban J connectivity index is 2.33. The SMILES string of the molecule is O=C(Nc1cc(C(F)(F)F)cc(C(F)(F)F)c1)[C@H](Br)c1ccccc1. The van der Waals surface area contributed by atoms with Gasteiger partial charge >= 0.3 is 12.4 Å². The van der Waals surface area contributed by atoms with Crippen LogP contribution in [0.4, 0.5) is 32.0 Å². The molecule has 1 N–H and O–H groups in total. The summed E-state index contributed by atoms with van der Waals surface area (Å²) in [6.07, 6.45) is -9.96. The van der Waals surface area contributed by atoms with Gasteiger partial charge in [0.05, 0.1) is 11.1 Å². The Labute approximate surface area is 147 Å². The first-order valence-corrected chi connectivity index (χ1v) is 7.69. The Morgan fingerprint density at radius 2 is 1.36 bits per heavy atom. The van der Waals surface area contributed by atoms with Gasteiger partial charge in [-0.1, -0.05) is 46.3 Å². The van der Waals surface area contributed by atoms with E-state index in [0.717, 1.165) is 0 Å². The average Bonchev–Trinajstić information content (AvgIpc) is 2.53. The van der Waals surface area contributed by atoms with Crippen LogP contribution >= 0.6 is 15.9 Å². The van der Waals surface area contributed by atoms with Crippen LogP contribution in [0, 0.1) is 0 Å². The number of carbonyl (C=O) groups is 1. The summed E-state index contributed by atoms with van der Waals surface area (Å²) in [4.78, 5) is 11.2. The molecule has 134 valence electrons. The maximum absolute atomic E-state index is 12.8. The van der Waals surface area contributed by atoms with Crippen molar-refractivity contribution < 1.29 is 31.1 Å². The van der Waals surface area contributed by atoms with Gasteiger partial charge in [-0.05, 0) is 23.8 Å². The number of alkyl halides is 7. The molecule has 0 bridgehead atoms. The van der Waals surface area contributed by atoms with Crippen LogP contribution in [0.3, 0.4) is 0 Å². The Morgan fingerprint density at radius 1 is 0.880 bits per heavy atom. The van der Waals surface area contributed by atoms with Crippen molar-refractivity contribution in [2.45, 2.75) is 17.2 Å². The van der Waals surface area contributed by atoms with Gasteiger partial charge in [-0.15, -0.1) is 0 Å². The van der Waals surface area contributed by atoms with Crippen LogP contribution in [0.1, 0.15) is 21.5 Å². The molecule has 1 amide bonds. The van der Waals surface area contributed by atoms with Crippen molar-refractivity contribution in [1.29, 1.82) is 0 Å². The van der Waals surface area contributed by atoms with Crippen molar-refractivity contribution in [2.24, 2.45) is 0 Å². The molecule has 0 saturated carbocycles. The van der Waals surface area contributed by atoms with Gasteiger partial charge in [-0.25, -0.2) is 0 Å². The quantitative estimate of drug-likeness (QED) is 0.488. The molecule has 2 aromatic carbocycles. The summed E-state index contributed by atoms with van der Waals surface area (Å²) < 4.78 is 76.8. The molecule has 0 spiro atoms. The number of anilines is 1. The minimum absolute atomic E-state index is 0.00152. The van der Waals surface area contributed by atoms with Gasteiger partial charge in [0.2, 0.25) is 5.91 Å². The smallest absolute Gasteiger partial charge is 0.325 e. The molecule has 0 heterocycles. The Kier molecular flexibility index (Phi) is 5.46. The average molecular weight is 426 g/mol. The fourth-order valence-corrected chi connectivity index (χ4v) is 2.43. The van der Waals surface area contributed by atoms with E-state index in [9.17, 15) is 31.1 Å². The molecular weight excluding hydrogens is 416 g/mol. The highest BCUT2D eigenvalue weighted by Crippen LogP contribution is 2.38. The molecule has 0 radical (unpaired) electrons. The standard InChI is InChI=1S/C16H10BrF6NO/c17-13(9-4-2-1-3-5-9)14(25)24-12-7-10(15(18,19)20)6-11(8-12)16(21,22)23/h1-8,13H,(H,24,25)/t13-/m1/s1. The first kappa shape index (κ1) is 19.3. The van der Waals surface area contributed by atoms with Gasteiger partial charge < -0.3 is 5.32 Å². The van der Waals surface area contributed by atoms with Gasteiger partial charge in [0, 0.05) is 5.69 Å². The minimum Gasteiger partial charge on any atom is -0.325 e. The van der Waals surface area contributed by atoms with Crippen LogP contribution in [0.15, 0.2) is 48.5 Å². The van der Waals surface area contributed by atoms with Crippen molar-refractivity contribution >= 4 is 27.5 Å². The molecule has 0 aliphatic rings. The van der Waals surface area contributed by atoms with Crippen LogP contribution in [0.5, 0.6) is 0 Å². The lowest BCUT2D eigenvalue weighted by molar-refractivity contribution is -0.143. The Hall–Kier alpha value is -2.03. The summed E-state index contributed by atoms with van der Waals surface area (Å²) in [5.41, 5.74) is -3.08. The number of benzene rings is 2. The molecule has 0 aliphatic carbocycles. The monoisotopic (exact) mass is 425 g/mol. The second kappa shape index (κ2) is 7.07. The predicted octanol–water partition coefficient (Wildman–Crippen LogP) is 5.80. The molecular formula is C16H10BrF6NO. The van der Waals surface area contributed by atoms with Gasteiger partial charge in [-0.3, -0.25) is 4.79 Å². The van der Waals surface area contributed by atoms with Gasteiger partial charge in [-0.2, -0.15) is 26.3 Å². The second-order valence-electron chi connectivity index (χ2n) is 5.06. The van der Waals surface area contributed by atoms with Crippen molar-refractivity contribution in [3.05, 3.63) is 65.2 Å². The number of hydrogen-bond donors (Lipinski definition) is 1. The zero-order chi connectivity index (χ0) is 18.8. The molecule has 1 atom stereocenters. The molecule has 0 unspecified atom stereocenters. The third kappa shape index (κ3) is 4.97. The van der Waals surface area contributed by atoms with E-state index in [1.54, 1.807) is 30.3 Å². The third-order valence-corrected chi connectivity index (χ3v) is 4.12. The highest BCUT2D eigenvalue weighted by atomic mass is 79.9. The lowest BCUT2D eigenvalue weighted by atomic mass is 10.1. The van der Waals surface area contributed by atoms with Crippen LogP contribution in [0.2, 0.25) is 0 Å². The summed E-state index contributed by atoms with van der Waals surface area (Å²) in [6.45, 7) is 0. The maximum Gasteiger partial charge on any atom is 0.416 e. The van der Waals surface area contributed by atoms with Gasteiger partial charge in [0.25, 0.3) is 0 Å². The maximum atomic E-state index is 12.8. The number of carbonyl (C=O) groups excluding carboxylic acids is 1. The van der Waals surface area contributed by atoms with Crippen molar-refractivity contribution in [3.63, 3.8) is 0 Å². The Bertz CT molecular complexity index is 725. The van der Waals surface area contributed by atoms with Gasteiger partial charge in [0.1, 0.15) is 4.83 Å². The molecule has 25 heavy (non-hydrogen) atoms. The normalized spacial score (nSPS) is 13.4. The minimum atomic E-state index is -4.98. The predicted molar refractivity (Wildman–Crippen MR) is 83.2 cm³/mol. The molecule has 0 saturated heterocycles. The van der Waals surface area contributed by atoms with Crippen LogP contribution in [0.25, 0.3) is 0 Å². The lowest BCUT2D eigenvalue weighted by Gasteiger charge is -2.16. The van der Waals surface area contributed by atoms with Crippen molar-refractivity contribution in [3.8, 4) is 0 Å². The molecule has 2 rings (SSSR count). The zero-order valence-electron chi connectivity index (χ0n) is 12.3. The lowest BCUT2D eigenvalue weighted by Crippen LogP contribution is -2.19. The highest BCUT2D eigenvalue weighted by Gasteiger charge is 2.37. The summed E-state index contributed by atoms with van der Waals surface area (Å²) in [5, 5.41) is 2.08. The molecule has 0 fully saturated rings. The molecule has 0 aromatic heterocycles. The number of nitrogens with one attached hydrogen (secondary N) is 1. The van der Waals surface area contributed by atoms with E-state index in [-0.39, 0.29) is 6.07 Å². The van der Waals surface area contributed by atoms with Crippen LogP contribution in [-0.4, -0.2) is 5.91 Å². The van der Waals surface area contributed by atoms with Gasteiger partial charge in [0.15, 0.2) is 0 Å². The largest absolute Gasteiger partial charge is 0.416 e. The van der Waals surface area contributed by atoms with E-state index in [2.05, 4.69) is 21.2 Å². The molecule has 2 nitrogen and oxygen atoms in total. The number of amides is 1. The summed E-state index contributed by atoms with van der Waals surface area (Å²) in [7, 11) is 0. The van der Waals surface area contributed by atoms with Crippen LogP contribution < -0.4 is 5.32 Å². The molecule has 0 aliphatic heterocycles. The summed E-state index contributed by atoms with van der Waals surface area (Å²) in [6, 6.07) is 9.07. The highest BCUT2D eigenvalue weighted by molar-refractivity contribution is 9.09. The van der Waals surface area contributed by atoms with Crippen molar-refractivity contribution in [2.75, 3.05) is 5.32 Å². The fraction of sp³-hybridized carbons (Fsp3) is 0.188. The van der Waals surface area contributed by atoms with E-state index in [0.29, 0.717) is 17.7 Å². The number of rotatable bonds is 3. The van der Waals surface area contributed by atoms with Crippen LogP contribution in [-0.2, 0) is 17.1 Å². The number of halogens is 7.